The lowest BCUT2D eigenvalue weighted by atomic mass is 10.1. The maximum atomic E-state index is 13.0. The van der Waals surface area contributed by atoms with E-state index in [-0.39, 0.29) is 4.21 Å². The van der Waals surface area contributed by atoms with Gasteiger partial charge in [0.05, 0.1) is 9.77 Å². The molecular formula is C14H10ClF3S2. The van der Waals surface area contributed by atoms with Crippen LogP contribution in [0, 0.1) is 0 Å². The fourth-order valence-corrected chi connectivity index (χ4v) is 3.92. The van der Waals surface area contributed by atoms with Gasteiger partial charge >= 0.3 is 6.18 Å². The van der Waals surface area contributed by atoms with E-state index in [1.165, 1.54) is 6.07 Å². The molecule has 0 amide bonds. The molecule has 1 aromatic carbocycles. The monoisotopic (exact) mass is 334 g/mol. The molecule has 0 saturated heterocycles. The summed E-state index contributed by atoms with van der Waals surface area (Å²) in [5.41, 5.74) is 0.148. The van der Waals surface area contributed by atoms with Gasteiger partial charge in [0.15, 0.2) is 0 Å². The van der Waals surface area contributed by atoms with Gasteiger partial charge in [-0.1, -0.05) is 29.8 Å². The first kappa shape index (κ1) is 15.5. The molecule has 6 heteroatoms. The molecule has 106 valence electrons. The zero-order chi connectivity index (χ0) is 14.8. The molecule has 0 atom stereocenters. The van der Waals surface area contributed by atoms with Gasteiger partial charge in [0.1, 0.15) is 0 Å². The molecule has 0 aliphatic carbocycles. The van der Waals surface area contributed by atoms with Crippen LogP contribution < -0.4 is 0 Å². The van der Waals surface area contributed by atoms with Crippen molar-refractivity contribution in [2.75, 3.05) is 5.75 Å². The van der Waals surface area contributed by atoms with Crippen molar-refractivity contribution >= 4 is 34.7 Å². The number of alkyl halides is 3. The zero-order valence-electron chi connectivity index (χ0n) is 10.2. The Morgan fingerprint density at radius 2 is 1.90 bits per heavy atom. The Morgan fingerprint density at radius 1 is 1.25 bits per heavy atom. The van der Waals surface area contributed by atoms with Crippen LogP contribution in [0.1, 0.15) is 5.56 Å². The summed E-state index contributed by atoms with van der Waals surface area (Å²) in [5.74, 6) is 0.448. The first-order valence-electron chi connectivity index (χ1n) is 5.62. The van der Waals surface area contributed by atoms with Crippen molar-refractivity contribution in [2.24, 2.45) is 0 Å². The van der Waals surface area contributed by atoms with Crippen LogP contribution in [-0.2, 0) is 6.18 Å². The molecule has 0 unspecified atom stereocenters. The highest BCUT2D eigenvalue weighted by atomic mass is 35.5. The number of benzene rings is 1. The van der Waals surface area contributed by atoms with Crippen molar-refractivity contribution in [2.45, 2.75) is 10.4 Å². The molecule has 20 heavy (non-hydrogen) atoms. The van der Waals surface area contributed by atoms with E-state index in [0.717, 1.165) is 28.7 Å². The summed E-state index contributed by atoms with van der Waals surface area (Å²) in [6, 6.07) is 7.96. The number of thioether (sulfide) groups is 1. The lowest BCUT2D eigenvalue weighted by molar-refractivity contribution is -0.139. The first-order chi connectivity index (χ1) is 9.41. The quantitative estimate of drug-likeness (QED) is 0.462. The van der Waals surface area contributed by atoms with Crippen molar-refractivity contribution in [3.63, 3.8) is 0 Å². The number of hydrogen-bond donors (Lipinski definition) is 0. The van der Waals surface area contributed by atoms with Crippen LogP contribution in [0.3, 0.4) is 0 Å². The predicted molar refractivity (Wildman–Crippen MR) is 80.7 cm³/mol. The Hall–Kier alpha value is -0.910. The Morgan fingerprint density at radius 3 is 2.45 bits per heavy atom. The third-order valence-electron chi connectivity index (χ3n) is 2.46. The molecule has 0 N–H and O–H groups in total. The molecule has 0 nitrogen and oxygen atoms in total. The molecule has 0 bridgehead atoms. The van der Waals surface area contributed by atoms with Gasteiger partial charge in [-0.05, 0) is 23.8 Å². The highest BCUT2D eigenvalue weighted by Crippen LogP contribution is 2.45. The first-order valence-corrected chi connectivity index (χ1v) is 7.80. The molecule has 1 aromatic heterocycles. The van der Waals surface area contributed by atoms with E-state index in [9.17, 15) is 13.2 Å². The molecule has 0 saturated carbocycles. The van der Waals surface area contributed by atoms with Gasteiger partial charge in [-0.3, -0.25) is 0 Å². The lowest BCUT2D eigenvalue weighted by Gasteiger charge is -2.05. The van der Waals surface area contributed by atoms with E-state index >= 15 is 0 Å². The van der Waals surface area contributed by atoms with Gasteiger partial charge in [-0.15, -0.1) is 29.7 Å². The molecule has 0 radical (unpaired) electrons. The van der Waals surface area contributed by atoms with E-state index < -0.39 is 11.7 Å². The predicted octanol–water partition coefficient (Wildman–Crippen LogP) is 6.37. The fraction of sp³-hybridized carbons (Fsp3) is 0.143. The minimum Gasteiger partial charge on any atom is -0.166 e. The van der Waals surface area contributed by atoms with Gasteiger partial charge < -0.3 is 0 Å². The van der Waals surface area contributed by atoms with Crippen molar-refractivity contribution in [3.05, 3.63) is 53.6 Å². The van der Waals surface area contributed by atoms with Crippen LogP contribution >= 0.6 is 34.7 Å². The molecule has 0 spiro atoms. The van der Waals surface area contributed by atoms with Crippen LogP contribution in [0.5, 0.6) is 0 Å². The number of hydrogen-bond acceptors (Lipinski definition) is 2. The third-order valence-corrected chi connectivity index (χ3v) is 5.18. The Kier molecular flexibility index (Phi) is 4.83. The summed E-state index contributed by atoms with van der Waals surface area (Å²) in [5, 5.41) is 0.558. The van der Waals surface area contributed by atoms with Crippen LogP contribution in [0.4, 0.5) is 13.2 Å². The number of rotatable bonds is 4. The summed E-state index contributed by atoms with van der Waals surface area (Å²) in [6.45, 7) is 3.53. The summed E-state index contributed by atoms with van der Waals surface area (Å²) >= 11 is 8.07. The Bertz CT molecular complexity index is 600. The van der Waals surface area contributed by atoms with Crippen molar-refractivity contribution < 1.29 is 13.2 Å². The molecule has 1 heterocycles. The summed E-state index contributed by atoms with van der Waals surface area (Å²) in [4.78, 5) is 0.584. The molecule has 0 fully saturated rings. The zero-order valence-corrected chi connectivity index (χ0v) is 12.6. The van der Waals surface area contributed by atoms with E-state index in [4.69, 9.17) is 11.6 Å². The topological polar surface area (TPSA) is 0 Å². The summed E-state index contributed by atoms with van der Waals surface area (Å²) < 4.78 is 39.3. The van der Waals surface area contributed by atoms with Gasteiger partial charge in [0.2, 0.25) is 0 Å². The van der Waals surface area contributed by atoms with Crippen LogP contribution in [0.25, 0.3) is 10.4 Å². The van der Waals surface area contributed by atoms with E-state index in [1.54, 1.807) is 30.3 Å². The smallest absolute Gasteiger partial charge is 0.166 e. The summed E-state index contributed by atoms with van der Waals surface area (Å²) in [6.07, 6.45) is -2.75. The van der Waals surface area contributed by atoms with Crippen LogP contribution in [0.2, 0.25) is 5.02 Å². The molecule has 0 aliphatic rings. The second-order valence-corrected chi connectivity index (χ2v) is 6.69. The standard InChI is InChI=1S/C14H10ClF3S2/c1-2-7-19-13-11(14(16,17)18)8-12(20-13)9-3-5-10(15)6-4-9/h2-6,8H,1,7H2. The maximum absolute atomic E-state index is 13.0. The third kappa shape index (κ3) is 3.59. The molecule has 0 aliphatic heterocycles. The average Bonchev–Trinajstić information content (AvgIpc) is 2.81. The van der Waals surface area contributed by atoms with Crippen molar-refractivity contribution in [1.82, 2.24) is 0 Å². The summed E-state index contributed by atoms with van der Waals surface area (Å²) in [7, 11) is 0. The van der Waals surface area contributed by atoms with E-state index in [2.05, 4.69) is 6.58 Å². The second kappa shape index (κ2) is 6.24. The van der Waals surface area contributed by atoms with Crippen molar-refractivity contribution in [3.8, 4) is 10.4 Å². The fourth-order valence-electron chi connectivity index (χ4n) is 1.57. The average molecular weight is 335 g/mol. The second-order valence-electron chi connectivity index (χ2n) is 3.92. The molecule has 2 rings (SSSR count). The molecular weight excluding hydrogens is 325 g/mol. The number of halogens is 4. The van der Waals surface area contributed by atoms with Gasteiger partial charge in [-0.2, -0.15) is 13.2 Å². The number of thiophene rings is 1. The maximum Gasteiger partial charge on any atom is 0.418 e. The van der Waals surface area contributed by atoms with Crippen LogP contribution in [-0.4, -0.2) is 5.75 Å². The lowest BCUT2D eigenvalue weighted by Crippen LogP contribution is -2.04. The van der Waals surface area contributed by atoms with Gasteiger partial charge in [0, 0.05) is 15.7 Å². The Labute approximate surface area is 128 Å². The normalized spacial score (nSPS) is 11.6. The SMILES string of the molecule is C=CCSc1sc(-c2ccc(Cl)cc2)cc1C(F)(F)F. The van der Waals surface area contributed by atoms with Crippen LogP contribution in [0.15, 0.2) is 47.2 Å². The van der Waals surface area contributed by atoms with E-state index in [0.29, 0.717) is 15.7 Å². The van der Waals surface area contributed by atoms with Gasteiger partial charge in [0.25, 0.3) is 0 Å². The minimum atomic E-state index is -4.34. The minimum absolute atomic E-state index is 0.266. The highest BCUT2D eigenvalue weighted by Gasteiger charge is 2.35. The Balaban J connectivity index is 2.42. The highest BCUT2D eigenvalue weighted by molar-refractivity contribution is 8.01. The van der Waals surface area contributed by atoms with Gasteiger partial charge in [-0.25, -0.2) is 0 Å². The largest absolute Gasteiger partial charge is 0.418 e. The van der Waals surface area contributed by atoms with Crippen molar-refractivity contribution in [1.29, 1.82) is 0 Å². The molecule has 2 aromatic rings. The van der Waals surface area contributed by atoms with E-state index in [1.807, 2.05) is 0 Å².